The van der Waals surface area contributed by atoms with Crippen LogP contribution in [0, 0.1) is 0 Å². The fraction of sp³-hybridized carbons (Fsp3) is 0.500. The topological polar surface area (TPSA) is 47.1 Å². The molecule has 2 aromatic rings. The molecule has 0 amide bonds. The summed E-state index contributed by atoms with van der Waals surface area (Å²) in [4.78, 5) is 6.97. The van der Waals surface area contributed by atoms with Gasteiger partial charge in [0.05, 0.1) is 11.0 Å². The van der Waals surface area contributed by atoms with E-state index in [1.807, 2.05) is 12.1 Å². The van der Waals surface area contributed by atoms with Gasteiger partial charge in [-0.05, 0) is 51.1 Å². The van der Waals surface area contributed by atoms with Gasteiger partial charge < -0.3 is 15.2 Å². The minimum Gasteiger partial charge on any atom is -0.369 e. The number of likely N-dealkylation sites (tertiary alicyclic amines) is 1. The van der Waals surface area contributed by atoms with Gasteiger partial charge in [-0.2, -0.15) is 0 Å². The molecule has 1 aromatic carbocycles. The summed E-state index contributed by atoms with van der Waals surface area (Å²) < 4.78 is 3.19. The van der Waals surface area contributed by atoms with Gasteiger partial charge in [-0.3, -0.25) is 0 Å². The maximum Gasteiger partial charge on any atom is 0.201 e. The summed E-state index contributed by atoms with van der Waals surface area (Å²) in [6, 6.07) is 6.50. The van der Waals surface area contributed by atoms with Gasteiger partial charge in [0, 0.05) is 17.1 Å². The smallest absolute Gasteiger partial charge is 0.201 e. The minimum absolute atomic E-state index is 0.351. The number of nitrogens with two attached hydrogens (primary N) is 1. The highest BCUT2D eigenvalue weighted by Crippen LogP contribution is 2.26. The number of nitrogens with zero attached hydrogens (tertiary/aromatic N) is 3. The molecule has 1 unspecified atom stereocenters. The van der Waals surface area contributed by atoms with E-state index in [4.69, 9.17) is 5.73 Å². The van der Waals surface area contributed by atoms with Crippen molar-refractivity contribution in [1.82, 2.24) is 14.5 Å². The van der Waals surface area contributed by atoms with Gasteiger partial charge in [-0.1, -0.05) is 15.9 Å². The number of aromatic nitrogens is 2. The number of rotatable bonds is 3. The highest BCUT2D eigenvalue weighted by atomic mass is 79.9. The molecule has 1 aromatic heterocycles. The molecule has 0 saturated carbocycles. The van der Waals surface area contributed by atoms with E-state index in [9.17, 15) is 0 Å². The Morgan fingerprint density at radius 1 is 1.37 bits per heavy atom. The highest BCUT2D eigenvalue weighted by Gasteiger charge is 2.19. The number of hydrogen-bond donors (Lipinski definition) is 1. The zero-order valence-corrected chi connectivity index (χ0v) is 12.7. The molecule has 0 bridgehead atoms. The van der Waals surface area contributed by atoms with Gasteiger partial charge in [-0.25, -0.2) is 4.98 Å². The van der Waals surface area contributed by atoms with Crippen LogP contribution in [0.3, 0.4) is 0 Å². The maximum atomic E-state index is 6.10. The van der Waals surface area contributed by atoms with Crippen LogP contribution in [0.1, 0.15) is 25.8 Å². The molecule has 5 heteroatoms. The second-order valence-electron chi connectivity index (χ2n) is 5.33. The Balaban J connectivity index is 1.92. The summed E-state index contributed by atoms with van der Waals surface area (Å²) in [6.45, 7) is 5.69. The molecule has 3 rings (SSSR count). The molecule has 0 radical (unpaired) electrons. The van der Waals surface area contributed by atoms with Crippen molar-refractivity contribution >= 4 is 32.9 Å². The van der Waals surface area contributed by atoms with E-state index < -0.39 is 0 Å². The van der Waals surface area contributed by atoms with Crippen LogP contribution in [-0.4, -0.2) is 34.1 Å². The van der Waals surface area contributed by atoms with Gasteiger partial charge in [-0.15, -0.1) is 0 Å². The highest BCUT2D eigenvalue weighted by molar-refractivity contribution is 9.10. The van der Waals surface area contributed by atoms with Crippen molar-refractivity contribution in [3.05, 3.63) is 22.7 Å². The SMILES string of the molecule is CC(CN1CCCC1)n1c(N)nc2cc(Br)ccc21. The molecule has 0 spiro atoms. The summed E-state index contributed by atoms with van der Waals surface area (Å²) in [7, 11) is 0. The zero-order chi connectivity index (χ0) is 13.4. The van der Waals surface area contributed by atoms with Crippen LogP contribution in [0.2, 0.25) is 0 Å². The lowest BCUT2D eigenvalue weighted by Gasteiger charge is -2.22. The van der Waals surface area contributed by atoms with E-state index in [0.717, 1.165) is 22.1 Å². The van der Waals surface area contributed by atoms with Crippen LogP contribution in [0.15, 0.2) is 22.7 Å². The van der Waals surface area contributed by atoms with Crippen molar-refractivity contribution in [3.8, 4) is 0 Å². The quantitative estimate of drug-likeness (QED) is 0.944. The first-order valence-electron chi connectivity index (χ1n) is 6.80. The van der Waals surface area contributed by atoms with Crippen LogP contribution in [0.5, 0.6) is 0 Å². The number of imidazole rings is 1. The van der Waals surface area contributed by atoms with Crippen molar-refractivity contribution < 1.29 is 0 Å². The molecule has 2 N–H and O–H groups in total. The number of hydrogen-bond acceptors (Lipinski definition) is 3. The van der Waals surface area contributed by atoms with Gasteiger partial charge >= 0.3 is 0 Å². The second kappa shape index (κ2) is 5.13. The maximum absolute atomic E-state index is 6.10. The molecule has 1 atom stereocenters. The predicted octanol–water partition coefficient (Wildman–Crippen LogP) is 3.04. The molecule has 102 valence electrons. The van der Waals surface area contributed by atoms with Crippen molar-refractivity contribution in [1.29, 1.82) is 0 Å². The van der Waals surface area contributed by atoms with Crippen molar-refractivity contribution in [2.24, 2.45) is 0 Å². The first kappa shape index (κ1) is 12.9. The fourth-order valence-corrected chi connectivity index (χ4v) is 3.32. The van der Waals surface area contributed by atoms with E-state index in [0.29, 0.717) is 12.0 Å². The number of halogens is 1. The Kier molecular flexibility index (Phi) is 3.50. The number of benzene rings is 1. The average Bonchev–Trinajstić information content (AvgIpc) is 2.95. The summed E-state index contributed by atoms with van der Waals surface area (Å²) in [5.74, 6) is 0.611. The largest absolute Gasteiger partial charge is 0.369 e. The fourth-order valence-electron chi connectivity index (χ4n) is 2.97. The molecule has 1 fully saturated rings. The van der Waals surface area contributed by atoms with Gasteiger partial charge in [0.15, 0.2) is 0 Å². The van der Waals surface area contributed by atoms with Crippen molar-refractivity contribution in [3.63, 3.8) is 0 Å². The van der Waals surface area contributed by atoms with Crippen LogP contribution >= 0.6 is 15.9 Å². The van der Waals surface area contributed by atoms with Crippen LogP contribution in [0.25, 0.3) is 11.0 Å². The Bertz CT molecular complexity index is 586. The summed E-state index contributed by atoms with van der Waals surface area (Å²) in [6.07, 6.45) is 2.64. The molecular weight excluding hydrogens is 304 g/mol. The van der Waals surface area contributed by atoms with Gasteiger partial charge in [0.1, 0.15) is 0 Å². The lowest BCUT2D eigenvalue weighted by Crippen LogP contribution is -2.27. The predicted molar refractivity (Wildman–Crippen MR) is 82.2 cm³/mol. The van der Waals surface area contributed by atoms with E-state index >= 15 is 0 Å². The average molecular weight is 323 g/mol. The van der Waals surface area contributed by atoms with Crippen LogP contribution in [0.4, 0.5) is 5.95 Å². The third kappa shape index (κ3) is 2.49. The third-order valence-electron chi connectivity index (χ3n) is 3.84. The lowest BCUT2D eigenvalue weighted by molar-refractivity contribution is 0.291. The Morgan fingerprint density at radius 2 is 2.11 bits per heavy atom. The lowest BCUT2D eigenvalue weighted by atomic mass is 10.2. The molecule has 0 aliphatic carbocycles. The molecule has 1 aliphatic heterocycles. The van der Waals surface area contributed by atoms with E-state index in [1.165, 1.54) is 25.9 Å². The van der Waals surface area contributed by atoms with E-state index in [-0.39, 0.29) is 0 Å². The summed E-state index contributed by atoms with van der Waals surface area (Å²) in [5.41, 5.74) is 8.17. The van der Waals surface area contributed by atoms with Gasteiger partial charge in [0.25, 0.3) is 0 Å². The molecule has 1 aliphatic rings. The Morgan fingerprint density at radius 3 is 2.84 bits per heavy atom. The minimum atomic E-state index is 0.351. The Labute approximate surface area is 121 Å². The first-order valence-corrected chi connectivity index (χ1v) is 7.60. The Hall–Kier alpha value is -1.07. The second-order valence-corrected chi connectivity index (χ2v) is 6.25. The molecule has 2 heterocycles. The standard InChI is InChI=1S/C14H19BrN4/c1-10(9-18-6-2-3-7-18)19-13-5-4-11(15)8-12(13)17-14(19)16/h4-5,8,10H,2-3,6-7,9H2,1H3,(H2,16,17). The van der Waals surface area contributed by atoms with E-state index in [1.54, 1.807) is 0 Å². The van der Waals surface area contributed by atoms with Crippen LogP contribution in [-0.2, 0) is 0 Å². The molecule has 1 saturated heterocycles. The summed E-state index contributed by atoms with van der Waals surface area (Å²) >= 11 is 3.48. The third-order valence-corrected chi connectivity index (χ3v) is 4.33. The van der Waals surface area contributed by atoms with E-state index in [2.05, 4.69) is 43.4 Å². The number of fused-ring (bicyclic) bond motifs is 1. The molecular formula is C14H19BrN4. The van der Waals surface area contributed by atoms with Crippen LogP contribution < -0.4 is 5.73 Å². The van der Waals surface area contributed by atoms with Crippen molar-refractivity contribution in [2.45, 2.75) is 25.8 Å². The first-order chi connectivity index (χ1) is 9.15. The number of anilines is 1. The van der Waals surface area contributed by atoms with Crippen molar-refractivity contribution in [2.75, 3.05) is 25.4 Å². The summed E-state index contributed by atoms with van der Waals surface area (Å²) in [5, 5.41) is 0. The monoisotopic (exact) mass is 322 g/mol. The zero-order valence-electron chi connectivity index (χ0n) is 11.1. The number of nitrogen functional groups attached to an aromatic ring is 1. The molecule has 19 heavy (non-hydrogen) atoms. The normalized spacial score (nSPS) is 18.2. The van der Waals surface area contributed by atoms with Gasteiger partial charge in [0.2, 0.25) is 5.95 Å². The molecule has 4 nitrogen and oxygen atoms in total.